The third-order valence-corrected chi connectivity index (χ3v) is 7.90. The van der Waals surface area contributed by atoms with E-state index >= 15 is 0 Å². The van der Waals surface area contributed by atoms with E-state index in [0.717, 1.165) is 10.4 Å². The first kappa shape index (κ1) is 22.2. The molecule has 0 unspecified atom stereocenters. The molecule has 152 valence electrons. The van der Waals surface area contributed by atoms with Crippen molar-refractivity contribution in [2.45, 2.75) is 56.6 Å². The van der Waals surface area contributed by atoms with Gasteiger partial charge in [0.1, 0.15) is 5.54 Å². The standard InChI is InChI=1S/C17H21BrF3NO4S/c1-15(2,3)16(14(23)24)8-4-5-9-22(16)27(25,26)13-7-6-11(10-12(13)18)17(19,20)21/h6-7,10H,4-5,8-9H2,1-3H3,(H,23,24)/t16-/m1/s1. The lowest BCUT2D eigenvalue weighted by Gasteiger charge is -2.50. The third-order valence-electron chi connectivity index (χ3n) is 5.00. The molecule has 0 aliphatic carbocycles. The molecule has 1 aromatic carbocycles. The Kier molecular flexibility index (Phi) is 5.78. The number of carbonyl (C=O) groups is 1. The average Bonchev–Trinajstić information content (AvgIpc) is 2.52. The fourth-order valence-electron chi connectivity index (χ4n) is 3.57. The van der Waals surface area contributed by atoms with Gasteiger partial charge in [-0.2, -0.15) is 17.5 Å². The Bertz CT molecular complexity index is 849. The van der Waals surface area contributed by atoms with E-state index in [1.54, 1.807) is 20.8 Å². The first-order valence-corrected chi connectivity index (χ1v) is 10.5. The first-order valence-electron chi connectivity index (χ1n) is 8.29. The molecule has 0 spiro atoms. The van der Waals surface area contributed by atoms with Gasteiger partial charge in [0.15, 0.2) is 0 Å². The predicted molar refractivity (Wildman–Crippen MR) is 96.7 cm³/mol. The van der Waals surface area contributed by atoms with Crippen LogP contribution in [0.15, 0.2) is 27.6 Å². The second-order valence-corrected chi connectivity index (χ2v) is 10.3. The van der Waals surface area contributed by atoms with Crippen molar-refractivity contribution < 1.29 is 31.5 Å². The lowest BCUT2D eigenvalue weighted by atomic mass is 9.69. The molecule has 1 atom stereocenters. The summed E-state index contributed by atoms with van der Waals surface area (Å²) in [7, 11) is -4.35. The van der Waals surface area contributed by atoms with Crippen LogP contribution < -0.4 is 0 Å². The Morgan fingerprint density at radius 3 is 2.26 bits per heavy atom. The summed E-state index contributed by atoms with van der Waals surface area (Å²) in [5.74, 6) is -1.26. The molecule has 1 aromatic rings. The van der Waals surface area contributed by atoms with Crippen molar-refractivity contribution in [1.82, 2.24) is 4.31 Å². The molecular formula is C17H21BrF3NO4S. The summed E-state index contributed by atoms with van der Waals surface area (Å²) in [6, 6.07) is 2.24. The number of benzene rings is 1. The molecular weight excluding hydrogens is 451 g/mol. The third kappa shape index (κ3) is 3.75. The number of alkyl halides is 3. The average molecular weight is 472 g/mol. The van der Waals surface area contributed by atoms with Gasteiger partial charge in [-0.15, -0.1) is 0 Å². The monoisotopic (exact) mass is 471 g/mol. The minimum absolute atomic E-state index is 0.0145. The summed E-state index contributed by atoms with van der Waals surface area (Å²) in [5, 5.41) is 9.96. The Morgan fingerprint density at radius 1 is 1.22 bits per heavy atom. The second kappa shape index (κ2) is 7.04. The van der Waals surface area contributed by atoms with Crippen LogP contribution in [-0.2, 0) is 21.0 Å². The first-order chi connectivity index (χ1) is 12.2. The molecule has 1 heterocycles. The number of halogens is 4. The summed E-state index contributed by atoms with van der Waals surface area (Å²) >= 11 is 2.91. The summed E-state index contributed by atoms with van der Waals surface area (Å²) in [5.41, 5.74) is -3.61. The number of carboxylic acid groups (broad SMARTS) is 1. The second-order valence-electron chi connectivity index (χ2n) is 7.59. The number of rotatable bonds is 3. The minimum atomic E-state index is -4.62. The summed E-state index contributed by atoms with van der Waals surface area (Å²) in [6.07, 6.45) is -3.47. The van der Waals surface area contributed by atoms with Gasteiger partial charge in [0.2, 0.25) is 10.0 Å². The zero-order chi connectivity index (χ0) is 20.8. The lowest BCUT2D eigenvalue weighted by molar-refractivity contribution is -0.158. The summed E-state index contributed by atoms with van der Waals surface area (Å²) < 4.78 is 65.9. The van der Waals surface area contributed by atoms with Gasteiger partial charge in [0, 0.05) is 11.0 Å². The fraction of sp³-hybridized carbons (Fsp3) is 0.588. The van der Waals surface area contributed by atoms with E-state index in [9.17, 15) is 31.5 Å². The van der Waals surface area contributed by atoms with Crippen molar-refractivity contribution >= 4 is 31.9 Å². The van der Waals surface area contributed by atoms with Gasteiger partial charge in [0.25, 0.3) is 0 Å². The maximum absolute atomic E-state index is 13.3. The Labute approximate surface area is 164 Å². The Morgan fingerprint density at radius 2 is 1.81 bits per heavy atom. The topological polar surface area (TPSA) is 74.7 Å². The number of piperidine rings is 1. The van der Waals surface area contributed by atoms with Crippen molar-refractivity contribution in [2.24, 2.45) is 5.41 Å². The van der Waals surface area contributed by atoms with E-state index in [-0.39, 0.29) is 22.3 Å². The number of carboxylic acids is 1. The van der Waals surface area contributed by atoms with Crippen molar-refractivity contribution in [3.05, 3.63) is 28.2 Å². The van der Waals surface area contributed by atoms with Gasteiger partial charge in [-0.3, -0.25) is 4.79 Å². The van der Waals surface area contributed by atoms with Crippen molar-refractivity contribution in [3.63, 3.8) is 0 Å². The molecule has 5 nitrogen and oxygen atoms in total. The molecule has 1 fully saturated rings. The Balaban J connectivity index is 2.65. The lowest BCUT2D eigenvalue weighted by Crippen LogP contribution is -2.65. The molecule has 1 saturated heterocycles. The molecule has 0 bridgehead atoms. The molecule has 1 aliphatic heterocycles. The van der Waals surface area contributed by atoms with E-state index < -0.39 is 38.7 Å². The van der Waals surface area contributed by atoms with Crippen LogP contribution in [0.2, 0.25) is 0 Å². The van der Waals surface area contributed by atoms with Crippen LogP contribution in [0.4, 0.5) is 13.2 Å². The van der Waals surface area contributed by atoms with E-state index in [1.165, 1.54) is 0 Å². The van der Waals surface area contributed by atoms with Gasteiger partial charge in [-0.1, -0.05) is 20.8 Å². The van der Waals surface area contributed by atoms with Crippen molar-refractivity contribution in [1.29, 1.82) is 0 Å². The maximum Gasteiger partial charge on any atom is 0.416 e. The number of hydrogen-bond acceptors (Lipinski definition) is 3. The zero-order valence-corrected chi connectivity index (χ0v) is 17.5. The zero-order valence-electron chi connectivity index (χ0n) is 15.1. The molecule has 2 rings (SSSR count). The highest BCUT2D eigenvalue weighted by Crippen LogP contribution is 2.46. The van der Waals surface area contributed by atoms with Crippen LogP contribution in [0.25, 0.3) is 0 Å². The minimum Gasteiger partial charge on any atom is -0.480 e. The smallest absolute Gasteiger partial charge is 0.416 e. The van der Waals surface area contributed by atoms with Gasteiger partial charge in [-0.25, -0.2) is 8.42 Å². The van der Waals surface area contributed by atoms with Crippen LogP contribution in [0, 0.1) is 5.41 Å². The number of sulfonamides is 1. The summed E-state index contributed by atoms with van der Waals surface area (Å²) in [6.45, 7) is 4.93. The number of aliphatic carboxylic acids is 1. The van der Waals surface area contributed by atoms with Crippen LogP contribution in [-0.4, -0.2) is 35.9 Å². The largest absolute Gasteiger partial charge is 0.480 e. The van der Waals surface area contributed by atoms with E-state index in [1.807, 2.05) is 0 Å². The molecule has 1 aliphatic rings. The highest BCUT2D eigenvalue weighted by Gasteiger charge is 2.58. The molecule has 0 saturated carbocycles. The highest BCUT2D eigenvalue weighted by molar-refractivity contribution is 9.10. The maximum atomic E-state index is 13.3. The van der Waals surface area contributed by atoms with Crippen molar-refractivity contribution in [3.8, 4) is 0 Å². The molecule has 0 aromatic heterocycles. The van der Waals surface area contributed by atoms with Gasteiger partial charge in [0.05, 0.1) is 10.5 Å². The quantitative estimate of drug-likeness (QED) is 0.703. The Hall–Kier alpha value is -1.13. The van der Waals surface area contributed by atoms with Crippen LogP contribution in [0.5, 0.6) is 0 Å². The van der Waals surface area contributed by atoms with E-state index in [4.69, 9.17) is 0 Å². The van der Waals surface area contributed by atoms with Crippen LogP contribution >= 0.6 is 15.9 Å². The molecule has 0 radical (unpaired) electrons. The molecule has 1 N–H and O–H groups in total. The van der Waals surface area contributed by atoms with Crippen LogP contribution in [0.3, 0.4) is 0 Å². The highest BCUT2D eigenvalue weighted by atomic mass is 79.9. The van der Waals surface area contributed by atoms with Gasteiger partial charge < -0.3 is 5.11 Å². The molecule has 27 heavy (non-hydrogen) atoms. The number of nitrogens with zero attached hydrogens (tertiary/aromatic N) is 1. The van der Waals surface area contributed by atoms with E-state index in [0.29, 0.717) is 25.0 Å². The summed E-state index contributed by atoms with van der Waals surface area (Å²) in [4.78, 5) is 11.8. The fourth-order valence-corrected chi connectivity index (χ4v) is 6.56. The normalized spacial score (nSPS) is 22.6. The van der Waals surface area contributed by atoms with Gasteiger partial charge in [-0.05, 0) is 58.8 Å². The van der Waals surface area contributed by atoms with Crippen LogP contribution in [0.1, 0.15) is 45.6 Å². The SMILES string of the molecule is CC(C)(C)[C@]1(C(=O)O)CCCCN1S(=O)(=O)c1ccc(C(F)(F)F)cc1Br. The van der Waals surface area contributed by atoms with Crippen molar-refractivity contribution in [2.75, 3.05) is 6.54 Å². The molecule has 10 heteroatoms. The van der Waals surface area contributed by atoms with E-state index in [2.05, 4.69) is 15.9 Å². The number of hydrogen-bond donors (Lipinski definition) is 1. The van der Waals surface area contributed by atoms with Gasteiger partial charge >= 0.3 is 12.1 Å². The predicted octanol–water partition coefficient (Wildman–Crippen LogP) is 4.51. The molecule has 0 amide bonds.